The molecular weight excluding hydrogens is 280 g/mol. The molecule has 1 fully saturated rings. The van der Waals surface area contributed by atoms with Gasteiger partial charge in [-0.1, -0.05) is 0 Å². The number of rotatable bonds is 1. The van der Waals surface area contributed by atoms with E-state index in [2.05, 4.69) is 9.97 Å². The van der Waals surface area contributed by atoms with Crippen LogP contribution in [0.15, 0.2) is 11.0 Å². The van der Waals surface area contributed by atoms with Crippen molar-refractivity contribution in [2.45, 2.75) is 44.2 Å². The predicted octanol–water partition coefficient (Wildman–Crippen LogP) is 1.65. The lowest BCUT2D eigenvalue weighted by Crippen LogP contribution is -2.35. The summed E-state index contributed by atoms with van der Waals surface area (Å²) < 4.78 is 3.23. The number of fused-ring (bicyclic) bond motifs is 1. The van der Waals surface area contributed by atoms with Gasteiger partial charge >= 0.3 is 5.69 Å². The minimum atomic E-state index is -0.628. The normalized spacial score (nSPS) is 27.1. The Balaban J connectivity index is 2.10. The van der Waals surface area contributed by atoms with E-state index in [-0.39, 0.29) is 17.0 Å². The van der Waals surface area contributed by atoms with Crippen molar-refractivity contribution < 1.29 is 5.11 Å². The second kappa shape index (κ2) is 4.56. The Morgan fingerprint density at radius 2 is 2.10 bits per heavy atom. The van der Waals surface area contributed by atoms with Crippen molar-refractivity contribution in [2.24, 2.45) is 7.05 Å². The first-order valence-electron chi connectivity index (χ1n) is 6.71. The van der Waals surface area contributed by atoms with Gasteiger partial charge in [-0.05, 0) is 44.2 Å². The van der Waals surface area contributed by atoms with Gasteiger partial charge in [0.05, 0.1) is 11.8 Å². The fraction of sp³-hybridized carbons (Fsp3) is 0.615. The van der Waals surface area contributed by atoms with E-state index in [0.717, 1.165) is 12.8 Å². The van der Waals surface area contributed by atoms with Gasteiger partial charge in [0, 0.05) is 13.1 Å². The molecule has 0 spiro atoms. The maximum atomic E-state index is 12.4. The fourth-order valence-electron chi connectivity index (χ4n) is 2.93. The number of imidazole rings is 1. The second-order valence-electron chi connectivity index (χ2n) is 5.79. The van der Waals surface area contributed by atoms with Crippen molar-refractivity contribution in [2.75, 3.05) is 0 Å². The number of hydrogen-bond acceptors (Lipinski definition) is 4. The molecule has 108 valence electrons. The molecule has 0 aromatic carbocycles. The van der Waals surface area contributed by atoms with Gasteiger partial charge in [0.25, 0.3) is 0 Å². The molecule has 1 aliphatic carbocycles. The number of aryl methyl sites for hydroxylation is 1. The van der Waals surface area contributed by atoms with Gasteiger partial charge < -0.3 is 5.11 Å². The van der Waals surface area contributed by atoms with E-state index in [9.17, 15) is 9.90 Å². The summed E-state index contributed by atoms with van der Waals surface area (Å²) >= 11 is 5.85. The Morgan fingerprint density at radius 1 is 1.45 bits per heavy atom. The van der Waals surface area contributed by atoms with Crippen molar-refractivity contribution in [3.63, 3.8) is 0 Å². The summed E-state index contributed by atoms with van der Waals surface area (Å²) in [6.45, 7) is 1.84. The molecule has 0 unspecified atom stereocenters. The van der Waals surface area contributed by atoms with Crippen LogP contribution in [0.1, 0.15) is 38.6 Å². The largest absolute Gasteiger partial charge is 0.390 e. The molecule has 1 N–H and O–H groups in total. The van der Waals surface area contributed by atoms with Crippen LogP contribution in [0.4, 0.5) is 0 Å². The van der Waals surface area contributed by atoms with Gasteiger partial charge in [-0.3, -0.25) is 9.13 Å². The molecule has 0 saturated heterocycles. The predicted molar refractivity (Wildman–Crippen MR) is 75.9 cm³/mol. The van der Waals surface area contributed by atoms with E-state index in [0.29, 0.717) is 24.0 Å². The van der Waals surface area contributed by atoms with E-state index in [1.54, 1.807) is 22.4 Å². The van der Waals surface area contributed by atoms with Crippen molar-refractivity contribution in [1.29, 1.82) is 0 Å². The minimum absolute atomic E-state index is 0.0531. The third kappa shape index (κ3) is 2.13. The molecule has 0 bridgehead atoms. The maximum absolute atomic E-state index is 12.4. The van der Waals surface area contributed by atoms with E-state index in [4.69, 9.17) is 11.6 Å². The van der Waals surface area contributed by atoms with Gasteiger partial charge in [-0.25, -0.2) is 9.78 Å². The van der Waals surface area contributed by atoms with Crippen LogP contribution < -0.4 is 5.69 Å². The summed E-state index contributed by atoms with van der Waals surface area (Å²) in [6, 6.07) is 0.0531. The van der Waals surface area contributed by atoms with Crippen molar-refractivity contribution in [1.82, 2.24) is 19.1 Å². The zero-order chi connectivity index (χ0) is 14.5. The van der Waals surface area contributed by atoms with E-state index >= 15 is 0 Å². The van der Waals surface area contributed by atoms with Gasteiger partial charge in [-0.15, -0.1) is 0 Å². The lowest BCUT2D eigenvalue weighted by Gasteiger charge is -2.33. The van der Waals surface area contributed by atoms with Crippen LogP contribution in [0, 0.1) is 0 Å². The summed E-state index contributed by atoms with van der Waals surface area (Å²) in [5.41, 5.74) is 0.515. The van der Waals surface area contributed by atoms with Crippen LogP contribution in [0.5, 0.6) is 0 Å². The maximum Gasteiger partial charge on any atom is 0.330 e. The third-order valence-electron chi connectivity index (χ3n) is 4.20. The Labute approximate surface area is 121 Å². The molecular formula is C13H17ClN4O2. The quantitative estimate of drug-likeness (QED) is 0.812. The van der Waals surface area contributed by atoms with E-state index < -0.39 is 5.60 Å². The summed E-state index contributed by atoms with van der Waals surface area (Å²) in [5, 5.41) is 10.2. The molecule has 6 nitrogen and oxygen atoms in total. The Kier molecular flexibility index (Phi) is 3.10. The molecule has 0 amide bonds. The Hall–Kier alpha value is -1.40. The first-order valence-corrected chi connectivity index (χ1v) is 7.09. The molecule has 2 aromatic heterocycles. The third-order valence-corrected chi connectivity index (χ3v) is 4.38. The van der Waals surface area contributed by atoms with Crippen LogP contribution in [0.25, 0.3) is 11.2 Å². The zero-order valence-electron chi connectivity index (χ0n) is 11.5. The molecule has 2 aromatic rings. The van der Waals surface area contributed by atoms with E-state index in [1.165, 1.54) is 0 Å². The minimum Gasteiger partial charge on any atom is -0.390 e. The Bertz CT molecular complexity index is 709. The van der Waals surface area contributed by atoms with Crippen LogP contribution in [0.3, 0.4) is 0 Å². The number of nitrogens with zero attached hydrogens (tertiary/aromatic N) is 4. The van der Waals surface area contributed by atoms with Crippen LogP contribution in [0.2, 0.25) is 5.28 Å². The first kappa shape index (κ1) is 13.6. The lowest BCUT2D eigenvalue weighted by atomic mass is 9.83. The highest BCUT2D eigenvalue weighted by atomic mass is 35.5. The van der Waals surface area contributed by atoms with Crippen molar-refractivity contribution in [3.8, 4) is 0 Å². The molecule has 0 radical (unpaired) electrons. The number of aromatic nitrogens is 4. The summed E-state index contributed by atoms with van der Waals surface area (Å²) in [7, 11) is 1.71. The number of halogens is 1. The molecule has 1 saturated carbocycles. The topological polar surface area (TPSA) is 72.9 Å². The van der Waals surface area contributed by atoms with Crippen LogP contribution in [-0.4, -0.2) is 29.8 Å². The summed E-state index contributed by atoms with van der Waals surface area (Å²) in [4.78, 5) is 20.5. The first-order chi connectivity index (χ1) is 9.39. The van der Waals surface area contributed by atoms with Gasteiger partial charge in [0.2, 0.25) is 5.28 Å². The zero-order valence-corrected chi connectivity index (χ0v) is 12.3. The van der Waals surface area contributed by atoms with Gasteiger partial charge in [0.1, 0.15) is 5.52 Å². The van der Waals surface area contributed by atoms with Gasteiger partial charge in [-0.2, -0.15) is 4.98 Å². The molecule has 0 aliphatic heterocycles. The number of aliphatic hydroxyl groups is 1. The van der Waals surface area contributed by atoms with Crippen LogP contribution in [-0.2, 0) is 7.05 Å². The van der Waals surface area contributed by atoms with Gasteiger partial charge in [0.15, 0.2) is 5.65 Å². The van der Waals surface area contributed by atoms with Crippen molar-refractivity contribution >= 4 is 22.8 Å². The molecule has 1 aliphatic rings. The Morgan fingerprint density at radius 3 is 2.75 bits per heavy atom. The highest BCUT2D eigenvalue weighted by molar-refractivity contribution is 6.28. The second-order valence-corrected chi connectivity index (χ2v) is 6.13. The SMILES string of the molecule is Cn1c(=O)n([C@H]2CC[C@](C)(O)CC2)c2nc(Cl)ncc21. The monoisotopic (exact) mass is 296 g/mol. The highest BCUT2D eigenvalue weighted by Gasteiger charge is 2.31. The molecule has 20 heavy (non-hydrogen) atoms. The highest BCUT2D eigenvalue weighted by Crippen LogP contribution is 2.35. The molecule has 0 atom stereocenters. The number of hydrogen-bond donors (Lipinski definition) is 1. The van der Waals surface area contributed by atoms with E-state index in [1.807, 2.05) is 6.92 Å². The fourth-order valence-corrected chi connectivity index (χ4v) is 3.06. The standard InChI is InChI=1S/C13H17ClN4O2/c1-13(20)5-3-8(4-6-13)18-10-9(17(2)12(18)19)7-15-11(14)16-10/h7-8,20H,3-6H2,1-2H3/t8-,13-. The summed E-state index contributed by atoms with van der Waals surface area (Å²) in [5.74, 6) is 0. The smallest absolute Gasteiger partial charge is 0.330 e. The van der Waals surface area contributed by atoms with Crippen LogP contribution >= 0.6 is 11.6 Å². The average molecular weight is 297 g/mol. The molecule has 3 rings (SSSR count). The lowest BCUT2D eigenvalue weighted by molar-refractivity contribution is 0.00991. The van der Waals surface area contributed by atoms with Crippen molar-refractivity contribution in [3.05, 3.63) is 22.0 Å². The molecule has 7 heteroatoms. The summed E-state index contributed by atoms with van der Waals surface area (Å²) in [6.07, 6.45) is 4.45. The molecule has 2 heterocycles. The average Bonchev–Trinajstić information content (AvgIpc) is 2.63.